The second-order valence-corrected chi connectivity index (χ2v) is 9.08. The molecule has 156 valence electrons. The Balaban J connectivity index is 1.53. The number of anilines is 1. The summed E-state index contributed by atoms with van der Waals surface area (Å²) in [7, 11) is 0. The molecule has 31 heavy (non-hydrogen) atoms. The SMILES string of the molecule is CCOC(=O)c1ccc(-c2ccc(/C=C3/SC(=S)N(c4ccc(Br)cc4)C3=O)o2)cc1. The molecule has 3 aromatic rings. The summed E-state index contributed by atoms with van der Waals surface area (Å²) in [6, 6.07) is 18.0. The molecule has 0 aliphatic carbocycles. The first-order chi connectivity index (χ1) is 15.0. The van der Waals surface area contributed by atoms with Crippen molar-refractivity contribution in [3.8, 4) is 11.3 Å². The number of carbonyl (C=O) groups excluding carboxylic acids is 2. The van der Waals surface area contributed by atoms with Crippen molar-refractivity contribution in [2.24, 2.45) is 0 Å². The molecule has 0 N–H and O–H groups in total. The van der Waals surface area contributed by atoms with Crippen LogP contribution in [-0.4, -0.2) is 22.8 Å². The maximum absolute atomic E-state index is 12.9. The zero-order valence-electron chi connectivity index (χ0n) is 16.3. The highest BCUT2D eigenvalue weighted by Crippen LogP contribution is 2.37. The second-order valence-electron chi connectivity index (χ2n) is 6.49. The van der Waals surface area contributed by atoms with Gasteiger partial charge in [0.05, 0.1) is 22.8 Å². The first-order valence-electron chi connectivity index (χ1n) is 9.37. The molecule has 1 fully saturated rings. The van der Waals surface area contributed by atoms with Crippen molar-refractivity contribution in [2.75, 3.05) is 11.5 Å². The van der Waals surface area contributed by atoms with E-state index in [1.165, 1.54) is 16.7 Å². The topological polar surface area (TPSA) is 59.8 Å². The third kappa shape index (κ3) is 4.66. The maximum atomic E-state index is 12.9. The van der Waals surface area contributed by atoms with Gasteiger partial charge >= 0.3 is 5.97 Å². The molecule has 1 aliphatic heterocycles. The molecule has 1 aromatic heterocycles. The molecule has 2 heterocycles. The molecular formula is C23H16BrNO4S2. The van der Waals surface area contributed by atoms with Gasteiger partial charge in [0, 0.05) is 16.1 Å². The number of benzene rings is 2. The number of furan rings is 1. The summed E-state index contributed by atoms with van der Waals surface area (Å²) in [4.78, 5) is 26.7. The lowest BCUT2D eigenvalue weighted by Crippen LogP contribution is -2.27. The molecule has 1 saturated heterocycles. The van der Waals surface area contributed by atoms with E-state index < -0.39 is 0 Å². The van der Waals surface area contributed by atoms with E-state index in [2.05, 4.69) is 15.9 Å². The van der Waals surface area contributed by atoms with E-state index >= 15 is 0 Å². The largest absolute Gasteiger partial charge is 0.462 e. The van der Waals surface area contributed by atoms with Crippen LogP contribution >= 0.6 is 39.9 Å². The van der Waals surface area contributed by atoms with Gasteiger partial charge in [-0.15, -0.1) is 0 Å². The van der Waals surface area contributed by atoms with Gasteiger partial charge in [0.15, 0.2) is 4.32 Å². The van der Waals surface area contributed by atoms with Gasteiger partial charge in [-0.1, -0.05) is 52.0 Å². The van der Waals surface area contributed by atoms with Crippen LogP contribution in [0, 0.1) is 0 Å². The lowest BCUT2D eigenvalue weighted by Gasteiger charge is -2.14. The lowest BCUT2D eigenvalue weighted by atomic mass is 10.1. The number of rotatable bonds is 5. The van der Waals surface area contributed by atoms with Crippen LogP contribution in [0.25, 0.3) is 17.4 Å². The van der Waals surface area contributed by atoms with Crippen LogP contribution in [0.5, 0.6) is 0 Å². The monoisotopic (exact) mass is 513 g/mol. The Hall–Kier alpha value is -2.68. The van der Waals surface area contributed by atoms with Crippen molar-refractivity contribution in [3.63, 3.8) is 0 Å². The number of hydrogen-bond donors (Lipinski definition) is 0. The van der Waals surface area contributed by atoms with Crippen molar-refractivity contribution < 1.29 is 18.7 Å². The number of carbonyl (C=O) groups is 2. The molecule has 1 amide bonds. The summed E-state index contributed by atoms with van der Waals surface area (Å²) in [6.07, 6.45) is 1.69. The van der Waals surface area contributed by atoms with Crippen molar-refractivity contribution in [1.29, 1.82) is 0 Å². The fourth-order valence-corrected chi connectivity index (χ4v) is 4.52. The van der Waals surface area contributed by atoms with Gasteiger partial charge in [0.2, 0.25) is 0 Å². The van der Waals surface area contributed by atoms with Crippen molar-refractivity contribution in [3.05, 3.63) is 81.4 Å². The highest BCUT2D eigenvalue weighted by molar-refractivity contribution is 9.10. The van der Waals surface area contributed by atoms with Crippen LogP contribution in [-0.2, 0) is 9.53 Å². The van der Waals surface area contributed by atoms with Crippen LogP contribution in [0.15, 0.2) is 74.5 Å². The lowest BCUT2D eigenvalue weighted by molar-refractivity contribution is -0.113. The van der Waals surface area contributed by atoms with Gasteiger partial charge in [-0.2, -0.15) is 0 Å². The molecule has 8 heteroatoms. The Morgan fingerprint density at radius 3 is 2.52 bits per heavy atom. The molecule has 0 saturated carbocycles. The first kappa shape index (κ1) is 21.5. The van der Waals surface area contributed by atoms with Crippen molar-refractivity contribution in [2.45, 2.75) is 6.92 Å². The van der Waals surface area contributed by atoms with Crippen LogP contribution in [0.4, 0.5) is 5.69 Å². The number of thioether (sulfide) groups is 1. The Morgan fingerprint density at radius 1 is 1.13 bits per heavy atom. The summed E-state index contributed by atoms with van der Waals surface area (Å²) >= 11 is 10.0. The average Bonchev–Trinajstić information content (AvgIpc) is 3.34. The van der Waals surface area contributed by atoms with Crippen molar-refractivity contribution >= 4 is 67.9 Å². The zero-order chi connectivity index (χ0) is 22.0. The smallest absolute Gasteiger partial charge is 0.338 e. The summed E-state index contributed by atoms with van der Waals surface area (Å²) in [5, 5.41) is 0. The Labute approximate surface area is 197 Å². The van der Waals surface area contributed by atoms with E-state index in [9.17, 15) is 9.59 Å². The minimum Gasteiger partial charge on any atom is -0.462 e. The van der Waals surface area contributed by atoms with E-state index in [0.29, 0.717) is 32.9 Å². The Morgan fingerprint density at radius 2 is 1.84 bits per heavy atom. The van der Waals surface area contributed by atoms with Gasteiger partial charge in [-0.05, 0) is 55.5 Å². The molecule has 0 atom stereocenters. The predicted molar refractivity (Wildman–Crippen MR) is 130 cm³/mol. The standard InChI is InChI=1S/C23H16BrNO4S2/c1-2-28-22(27)15-5-3-14(4-6-15)19-12-11-18(29-19)13-20-21(26)25(23(30)31-20)17-9-7-16(24)8-10-17/h3-13H,2H2,1H3/b20-13+. The number of amides is 1. The van der Waals surface area contributed by atoms with Gasteiger partial charge in [0.1, 0.15) is 11.5 Å². The number of esters is 1. The van der Waals surface area contributed by atoms with E-state index in [-0.39, 0.29) is 11.9 Å². The molecule has 4 rings (SSSR count). The minimum absolute atomic E-state index is 0.186. The molecule has 2 aromatic carbocycles. The molecule has 1 aliphatic rings. The van der Waals surface area contributed by atoms with Crippen LogP contribution in [0.1, 0.15) is 23.0 Å². The first-order valence-corrected chi connectivity index (χ1v) is 11.4. The number of thiocarbonyl (C=S) groups is 1. The molecule has 0 spiro atoms. The number of hydrogen-bond acceptors (Lipinski definition) is 6. The molecule has 0 unspecified atom stereocenters. The maximum Gasteiger partial charge on any atom is 0.338 e. The Kier molecular flexibility index (Phi) is 6.41. The molecular weight excluding hydrogens is 498 g/mol. The summed E-state index contributed by atoms with van der Waals surface area (Å²) in [5.41, 5.74) is 2.01. The summed E-state index contributed by atoms with van der Waals surface area (Å²) < 4.78 is 12.3. The van der Waals surface area contributed by atoms with E-state index in [1.54, 1.807) is 43.3 Å². The van der Waals surface area contributed by atoms with E-state index in [1.807, 2.05) is 30.3 Å². The number of ether oxygens (including phenoxy) is 1. The molecule has 0 radical (unpaired) electrons. The number of halogens is 1. The van der Waals surface area contributed by atoms with Crippen LogP contribution < -0.4 is 4.90 Å². The number of nitrogens with zero attached hydrogens (tertiary/aromatic N) is 1. The predicted octanol–water partition coefficient (Wildman–Crippen LogP) is 6.29. The third-order valence-corrected chi connectivity index (χ3v) is 6.29. The van der Waals surface area contributed by atoms with Gasteiger partial charge < -0.3 is 9.15 Å². The minimum atomic E-state index is -0.359. The van der Waals surface area contributed by atoms with E-state index in [4.69, 9.17) is 21.4 Å². The molecule has 5 nitrogen and oxygen atoms in total. The average molecular weight is 514 g/mol. The normalized spacial score (nSPS) is 15.0. The highest BCUT2D eigenvalue weighted by Gasteiger charge is 2.33. The summed E-state index contributed by atoms with van der Waals surface area (Å²) in [6.45, 7) is 2.10. The van der Waals surface area contributed by atoms with Crippen molar-refractivity contribution in [1.82, 2.24) is 0 Å². The fraction of sp³-hybridized carbons (Fsp3) is 0.0870. The quantitative estimate of drug-likeness (QED) is 0.227. The second kappa shape index (κ2) is 9.21. The Bertz CT molecular complexity index is 1180. The fourth-order valence-electron chi connectivity index (χ4n) is 2.98. The molecule has 0 bridgehead atoms. The van der Waals surface area contributed by atoms with Crippen LogP contribution in [0.2, 0.25) is 0 Å². The van der Waals surface area contributed by atoms with Gasteiger partial charge in [-0.3, -0.25) is 9.69 Å². The summed E-state index contributed by atoms with van der Waals surface area (Å²) in [5.74, 6) is 0.627. The van der Waals surface area contributed by atoms with Gasteiger partial charge in [0.25, 0.3) is 5.91 Å². The van der Waals surface area contributed by atoms with E-state index in [0.717, 1.165) is 15.7 Å². The van der Waals surface area contributed by atoms with Crippen LogP contribution in [0.3, 0.4) is 0 Å². The third-order valence-electron chi connectivity index (χ3n) is 4.46. The van der Waals surface area contributed by atoms with Gasteiger partial charge in [-0.25, -0.2) is 4.79 Å². The highest BCUT2D eigenvalue weighted by atomic mass is 79.9. The zero-order valence-corrected chi connectivity index (χ0v) is 19.6.